The third-order valence-electron chi connectivity index (χ3n) is 4.51. The van der Waals surface area contributed by atoms with Crippen LogP contribution in [0, 0.1) is 0 Å². The van der Waals surface area contributed by atoms with E-state index in [1.54, 1.807) is 14.2 Å². The maximum absolute atomic E-state index is 5.36. The Morgan fingerprint density at radius 3 is 2.63 bits per heavy atom. The van der Waals surface area contributed by atoms with E-state index in [0.717, 1.165) is 39.3 Å². The summed E-state index contributed by atoms with van der Waals surface area (Å²) < 4.78 is 12.5. The first-order valence-electron chi connectivity index (χ1n) is 9.49. The fraction of sp³-hybridized carbons (Fsp3) is 0.227. The lowest BCUT2D eigenvalue weighted by molar-refractivity contribution is 0.355. The first kappa shape index (κ1) is 20.4. The number of nitrogens with zero attached hydrogens (tertiary/aromatic N) is 4. The van der Waals surface area contributed by atoms with E-state index in [1.165, 1.54) is 16.9 Å². The minimum atomic E-state index is 0.701. The molecule has 2 aromatic heterocycles. The number of aryl methyl sites for hydroxylation is 1. The number of benzene rings is 2. The van der Waals surface area contributed by atoms with Gasteiger partial charge >= 0.3 is 0 Å². The lowest BCUT2D eigenvalue weighted by atomic mass is 10.2. The Labute approximate surface area is 183 Å². The second-order valence-electron chi connectivity index (χ2n) is 6.49. The van der Waals surface area contributed by atoms with E-state index < -0.39 is 0 Å². The van der Waals surface area contributed by atoms with Crippen LogP contribution >= 0.6 is 23.1 Å². The topological polar surface area (TPSA) is 61.5 Å². The molecule has 2 heterocycles. The average Bonchev–Trinajstić information content (AvgIpc) is 3.36. The third-order valence-corrected chi connectivity index (χ3v) is 6.33. The van der Waals surface area contributed by atoms with Crippen molar-refractivity contribution in [1.82, 2.24) is 19.8 Å². The SMILES string of the molecule is COc1ccc(C=Cc2nn3c(CSCCc4ccccc4)nnc3s2)cc1OC. The van der Waals surface area contributed by atoms with Gasteiger partial charge in [-0.1, -0.05) is 53.8 Å². The predicted octanol–water partition coefficient (Wildman–Crippen LogP) is 4.85. The molecule has 2 aromatic carbocycles. The number of rotatable bonds is 9. The molecule has 154 valence electrons. The number of aromatic nitrogens is 4. The highest BCUT2D eigenvalue weighted by molar-refractivity contribution is 7.98. The van der Waals surface area contributed by atoms with Gasteiger partial charge in [-0.15, -0.1) is 10.2 Å². The van der Waals surface area contributed by atoms with Gasteiger partial charge in [0.1, 0.15) is 5.01 Å². The summed E-state index contributed by atoms with van der Waals surface area (Å²) in [6, 6.07) is 16.3. The first-order chi connectivity index (χ1) is 14.8. The lowest BCUT2D eigenvalue weighted by Gasteiger charge is -2.07. The van der Waals surface area contributed by atoms with E-state index in [2.05, 4.69) is 39.6 Å². The molecule has 0 aliphatic carbocycles. The van der Waals surface area contributed by atoms with E-state index in [1.807, 2.05) is 52.7 Å². The highest BCUT2D eigenvalue weighted by Crippen LogP contribution is 2.28. The Bertz CT molecular complexity index is 1140. The van der Waals surface area contributed by atoms with Crippen LogP contribution in [-0.2, 0) is 12.2 Å². The summed E-state index contributed by atoms with van der Waals surface area (Å²) >= 11 is 3.36. The van der Waals surface area contributed by atoms with Crippen molar-refractivity contribution < 1.29 is 9.47 Å². The molecule has 0 bridgehead atoms. The van der Waals surface area contributed by atoms with Gasteiger partial charge in [0.25, 0.3) is 0 Å². The summed E-state index contributed by atoms with van der Waals surface area (Å²) in [4.78, 5) is 0.806. The van der Waals surface area contributed by atoms with Gasteiger partial charge in [-0.2, -0.15) is 21.4 Å². The fourth-order valence-electron chi connectivity index (χ4n) is 2.95. The maximum Gasteiger partial charge on any atom is 0.234 e. The Hall–Kier alpha value is -2.84. The van der Waals surface area contributed by atoms with Gasteiger partial charge in [0.05, 0.1) is 20.0 Å². The van der Waals surface area contributed by atoms with Crippen LogP contribution in [0.15, 0.2) is 48.5 Å². The van der Waals surface area contributed by atoms with Crippen LogP contribution in [0.2, 0.25) is 0 Å². The molecule has 6 nitrogen and oxygen atoms in total. The van der Waals surface area contributed by atoms with E-state index >= 15 is 0 Å². The first-order valence-corrected chi connectivity index (χ1v) is 11.5. The summed E-state index contributed by atoms with van der Waals surface area (Å²) in [7, 11) is 3.26. The smallest absolute Gasteiger partial charge is 0.234 e. The van der Waals surface area contributed by atoms with Crippen LogP contribution in [0.4, 0.5) is 0 Å². The van der Waals surface area contributed by atoms with Crippen LogP contribution in [0.5, 0.6) is 11.5 Å². The normalized spacial score (nSPS) is 11.4. The number of methoxy groups -OCH3 is 2. The monoisotopic (exact) mass is 438 g/mol. The molecule has 4 rings (SSSR count). The van der Waals surface area contributed by atoms with Crippen molar-refractivity contribution in [1.29, 1.82) is 0 Å². The molecular formula is C22H22N4O2S2. The molecular weight excluding hydrogens is 416 g/mol. The molecule has 0 aliphatic rings. The van der Waals surface area contributed by atoms with Crippen molar-refractivity contribution >= 4 is 40.2 Å². The molecule has 0 N–H and O–H groups in total. The minimum absolute atomic E-state index is 0.701. The molecule has 0 radical (unpaired) electrons. The number of hydrogen-bond acceptors (Lipinski definition) is 7. The standard InChI is InChI=1S/C22H22N4O2S2/c1-27-18-10-8-17(14-19(18)28-2)9-11-21-25-26-20(23-24-22(26)30-21)15-29-13-12-16-6-4-3-5-7-16/h3-11,14H,12-13,15H2,1-2H3. The van der Waals surface area contributed by atoms with Crippen LogP contribution in [0.1, 0.15) is 22.0 Å². The third kappa shape index (κ3) is 4.83. The van der Waals surface area contributed by atoms with Gasteiger partial charge in [-0.3, -0.25) is 0 Å². The van der Waals surface area contributed by atoms with Gasteiger partial charge in [0.2, 0.25) is 4.96 Å². The summed E-state index contributed by atoms with van der Waals surface area (Å²) in [5, 5.41) is 14.1. The Kier molecular flexibility index (Phi) is 6.66. The van der Waals surface area contributed by atoms with E-state index in [0.29, 0.717) is 11.5 Å². The van der Waals surface area contributed by atoms with Crippen LogP contribution in [-0.4, -0.2) is 39.8 Å². The van der Waals surface area contributed by atoms with Crippen LogP contribution < -0.4 is 9.47 Å². The molecule has 4 aromatic rings. The number of ether oxygens (including phenoxy) is 2. The van der Waals surface area contributed by atoms with Crippen LogP contribution in [0.3, 0.4) is 0 Å². The fourth-order valence-corrected chi connectivity index (χ4v) is 4.60. The largest absolute Gasteiger partial charge is 0.493 e. The van der Waals surface area contributed by atoms with Crippen LogP contribution in [0.25, 0.3) is 17.1 Å². The molecule has 0 saturated carbocycles. The van der Waals surface area contributed by atoms with Crippen molar-refractivity contribution in [2.24, 2.45) is 0 Å². The minimum Gasteiger partial charge on any atom is -0.493 e. The molecule has 8 heteroatoms. The second kappa shape index (κ2) is 9.77. The lowest BCUT2D eigenvalue weighted by Crippen LogP contribution is -1.96. The zero-order valence-corrected chi connectivity index (χ0v) is 18.4. The van der Waals surface area contributed by atoms with Crippen molar-refractivity contribution in [3.05, 3.63) is 70.5 Å². The van der Waals surface area contributed by atoms with Gasteiger partial charge in [0.15, 0.2) is 17.3 Å². The molecule has 0 atom stereocenters. The van der Waals surface area contributed by atoms with Crippen molar-refractivity contribution in [2.75, 3.05) is 20.0 Å². The Morgan fingerprint density at radius 1 is 1.00 bits per heavy atom. The number of thioether (sulfide) groups is 1. The average molecular weight is 439 g/mol. The maximum atomic E-state index is 5.36. The van der Waals surface area contributed by atoms with Crippen molar-refractivity contribution in [3.63, 3.8) is 0 Å². The molecule has 30 heavy (non-hydrogen) atoms. The Balaban J connectivity index is 1.39. The Morgan fingerprint density at radius 2 is 1.83 bits per heavy atom. The molecule has 0 amide bonds. The van der Waals surface area contributed by atoms with Gasteiger partial charge < -0.3 is 9.47 Å². The molecule has 0 aliphatic heterocycles. The summed E-state index contributed by atoms with van der Waals surface area (Å²) in [5.41, 5.74) is 2.36. The van der Waals surface area contributed by atoms with Crippen molar-refractivity contribution in [2.45, 2.75) is 12.2 Å². The molecule has 0 unspecified atom stereocenters. The molecule has 0 saturated heterocycles. The molecule has 0 fully saturated rings. The quantitative estimate of drug-likeness (QED) is 0.348. The summed E-state index contributed by atoms with van der Waals surface area (Å²) in [6.07, 6.45) is 5.03. The number of hydrogen-bond donors (Lipinski definition) is 0. The van der Waals surface area contributed by atoms with E-state index in [-0.39, 0.29) is 0 Å². The predicted molar refractivity (Wildman–Crippen MR) is 123 cm³/mol. The van der Waals surface area contributed by atoms with Gasteiger partial charge in [-0.25, -0.2) is 0 Å². The zero-order valence-electron chi connectivity index (χ0n) is 16.8. The molecule has 0 spiro atoms. The summed E-state index contributed by atoms with van der Waals surface area (Å²) in [6.45, 7) is 0. The summed E-state index contributed by atoms with van der Waals surface area (Å²) in [5.74, 6) is 4.12. The zero-order chi connectivity index (χ0) is 20.8. The number of fused-ring (bicyclic) bond motifs is 1. The van der Waals surface area contributed by atoms with E-state index in [4.69, 9.17) is 9.47 Å². The highest BCUT2D eigenvalue weighted by Gasteiger charge is 2.10. The van der Waals surface area contributed by atoms with Gasteiger partial charge in [0, 0.05) is 0 Å². The van der Waals surface area contributed by atoms with E-state index in [9.17, 15) is 0 Å². The van der Waals surface area contributed by atoms with Gasteiger partial charge in [-0.05, 0) is 41.5 Å². The second-order valence-corrected chi connectivity index (χ2v) is 8.58. The van der Waals surface area contributed by atoms with Crippen molar-refractivity contribution in [3.8, 4) is 11.5 Å². The highest BCUT2D eigenvalue weighted by atomic mass is 32.2.